The topological polar surface area (TPSA) is 29.1 Å². The predicted molar refractivity (Wildman–Crippen MR) is 74.9 cm³/mol. The molecule has 0 bridgehead atoms. The van der Waals surface area contributed by atoms with Crippen LogP contribution in [0, 0.1) is 18.8 Å². The van der Waals surface area contributed by atoms with Crippen molar-refractivity contribution in [2.45, 2.75) is 46.1 Å². The monoisotopic (exact) mass is 243 g/mol. The van der Waals surface area contributed by atoms with E-state index in [-0.39, 0.29) is 5.91 Å². The molecular formula is C16H21NO. The Morgan fingerprint density at radius 1 is 1.33 bits per heavy atom. The highest BCUT2D eigenvalue weighted by atomic mass is 16.1. The molecule has 1 aromatic carbocycles. The van der Waals surface area contributed by atoms with Crippen LogP contribution in [0.4, 0.5) is 0 Å². The summed E-state index contributed by atoms with van der Waals surface area (Å²) in [5.41, 5.74) is 2.38. The van der Waals surface area contributed by atoms with Crippen molar-refractivity contribution in [3.05, 3.63) is 35.4 Å². The number of unbranched alkanes of at least 4 members (excludes halogenated alkanes) is 2. The van der Waals surface area contributed by atoms with Gasteiger partial charge >= 0.3 is 0 Å². The van der Waals surface area contributed by atoms with Crippen LogP contribution in [0.5, 0.6) is 0 Å². The molecule has 0 aliphatic heterocycles. The van der Waals surface area contributed by atoms with Crippen molar-refractivity contribution in [3.8, 4) is 11.8 Å². The molecule has 0 saturated heterocycles. The second-order valence-corrected chi connectivity index (χ2v) is 4.40. The van der Waals surface area contributed by atoms with E-state index in [2.05, 4.69) is 36.2 Å². The maximum absolute atomic E-state index is 11.6. The van der Waals surface area contributed by atoms with E-state index in [4.69, 9.17) is 0 Å². The smallest absolute Gasteiger partial charge is 0.220 e. The van der Waals surface area contributed by atoms with Gasteiger partial charge in [-0.2, -0.15) is 0 Å². The van der Waals surface area contributed by atoms with Gasteiger partial charge in [-0.1, -0.05) is 29.8 Å². The summed E-state index contributed by atoms with van der Waals surface area (Å²) < 4.78 is 0. The zero-order valence-electron chi connectivity index (χ0n) is 11.3. The molecule has 0 atom stereocenters. The van der Waals surface area contributed by atoms with Gasteiger partial charge < -0.3 is 5.32 Å². The highest BCUT2D eigenvalue weighted by Crippen LogP contribution is 2.04. The summed E-state index contributed by atoms with van der Waals surface area (Å²) in [5, 5.41) is 2.94. The molecule has 96 valence electrons. The van der Waals surface area contributed by atoms with Crippen molar-refractivity contribution in [2.24, 2.45) is 0 Å². The zero-order chi connectivity index (χ0) is 13.2. The maximum atomic E-state index is 11.6. The molecule has 0 spiro atoms. The Morgan fingerprint density at radius 2 is 2.17 bits per heavy atom. The first kappa shape index (κ1) is 14.3. The summed E-state index contributed by atoms with van der Waals surface area (Å²) in [5.74, 6) is 5.99. The van der Waals surface area contributed by atoms with Gasteiger partial charge in [0.25, 0.3) is 0 Å². The molecule has 1 aromatic rings. The Bertz CT molecular complexity index is 440. The molecule has 0 saturated carbocycles. The van der Waals surface area contributed by atoms with Gasteiger partial charge in [-0.15, -0.1) is 11.8 Å². The first-order valence-electron chi connectivity index (χ1n) is 6.44. The molecule has 0 aliphatic rings. The molecule has 1 rings (SSSR count). The number of hydrogen-bond donors (Lipinski definition) is 1. The van der Waals surface area contributed by atoms with Crippen molar-refractivity contribution < 1.29 is 4.79 Å². The molecule has 18 heavy (non-hydrogen) atoms. The second-order valence-electron chi connectivity index (χ2n) is 4.40. The summed E-state index contributed by atoms with van der Waals surface area (Å²) in [7, 11) is 0. The number of carbonyl (C=O) groups is 1. The Morgan fingerprint density at radius 3 is 2.89 bits per heavy atom. The van der Waals surface area contributed by atoms with Gasteiger partial charge in [0.05, 0.1) is 0 Å². The largest absolute Gasteiger partial charge is 0.352 e. The summed E-state index contributed by atoms with van der Waals surface area (Å²) in [4.78, 5) is 11.6. The Balaban J connectivity index is 2.18. The normalized spacial score (nSPS) is 9.44. The van der Waals surface area contributed by atoms with Crippen LogP contribution in [0.15, 0.2) is 24.3 Å². The molecule has 0 aliphatic carbocycles. The molecule has 0 radical (unpaired) electrons. The van der Waals surface area contributed by atoms with Crippen LogP contribution in [-0.4, -0.2) is 5.91 Å². The molecule has 0 heterocycles. The molecular weight excluding hydrogens is 222 g/mol. The first-order valence-corrected chi connectivity index (χ1v) is 6.44. The average molecular weight is 243 g/mol. The van der Waals surface area contributed by atoms with E-state index in [9.17, 15) is 4.79 Å². The van der Waals surface area contributed by atoms with E-state index in [0.717, 1.165) is 24.8 Å². The maximum Gasteiger partial charge on any atom is 0.220 e. The quantitative estimate of drug-likeness (QED) is 0.603. The fraction of sp³-hybridized carbons (Fsp3) is 0.438. The van der Waals surface area contributed by atoms with Gasteiger partial charge in [-0.05, 0) is 32.3 Å². The highest BCUT2D eigenvalue weighted by molar-refractivity contribution is 5.75. The number of hydrogen-bond acceptors (Lipinski definition) is 1. The van der Waals surface area contributed by atoms with Crippen LogP contribution in [0.1, 0.15) is 43.7 Å². The van der Waals surface area contributed by atoms with E-state index >= 15 is 0 Å². The van der Waals surface area contributed by atoms with E-state index in [1.165, 1.54) is 5.56 Å². The van der Waals surface area contributed by atoms with Crippen molar-refractivity contribution in [3.63, 3.8) is 0 Å². The summed E-state index contributed by atoms with van der Waals surface area (Å²) in [6, 6.07) is 8.20. The van der Waals surface area contributed by atoms with Gasteiger partial charge in [-0.3, -0.25) is 4.79 Å². The van der Waals surface area contributed by atoms with E-state index in [1.54, 1.807) is 0 Å². The van der Waals surface area contributed by atoms with Gasteiger partial charge in [0.2, 0.25) is 5.91 Å². The summed E-state index contributed by atoms with van der Waals surface area (Å²) >= 11 is 0. The molecule has 2 heteroatoms. The third-order valence-electron chi connectivity index (χ3n) is 2.70. The lowest BCUT2D eigenvalue weighted by Crippen LogP contribution is -2.22. The van der Waals surface area contributed by atoms with E-state index < -0.39 is 0 Å². The molecule has 0 unspecified atom stereocenters. The number of amides is 1. The molecule has 1 N–H and O–H groups in total. The number of nitrogens with one attached hydrogen (secondary N) is 1. The second kappa shape index (κ2) is 8.36. The van der Waals surface area contributed by atoms with Crippen LogP contribution in [-0.2, 0) is 11.3 Å². The minimum atomic E-state index is 0.126. The third-order valence-corrected chi connectivity index (χ3v) is 2.70. The molecule has 1 amide bonds. The number of carbonyl (C=O) groups excluding carboxylic acids is 1. The fourth-order valence-corrected chi connectivity index (χ4v) is 1.74. The van der Waals surface area contributed by atoms with Crippen LogP contribution in [0.25, 0.3) is 0 Å². The molecule has 0 fully saturated rings. The third kappa shape index (κ3) is 6.10. The van der Waals surface area contributed by atoms with E-state index in [0.29, 0.717) is 13.0 Å². The Hall–Kier alpha value is -1.75. The first-order chi connectivity index (χ1) is 8.72. The summed E-state index contributed by atoms with van der Waals surface area (Å²) in [6.45, 7) is 4.52. The minimum Gasteiger partial charge on any atom is -0.352 e. The Labute approximate surface area is 110 Å². The van der Waals surface area contributed by atoms with Gasteiger partial charge in [0, 0.05) is 19.4 Å². The van der Waals surface area contributed by atoms with Gasteiger partial charge in [-0.25, -0.2) is 0 Å². The molecule has 0 aromatic heterocycles. The SMILES string of the molecule is CC#CCCCCC(=O)NCc1cccc(C)c1. The van der Waals surface area contributed by atoms with Crippen molar-refractivity contribution in [1.29, 1.82) is 0 Å². The van der Waals surface area contributed by atoms with Gasteiger partial charge in [0.1, 0.15) is 0 Å². The highest BCUT2D eigenvalue weighted by Gasteiger charge is 2.00. The molecule has 2 nitrogen and oxygen atoms in total. The fourth-order valence-electron chi connectivity index (χ4n) is 1.74. The van der Waals surface area contributed by atoms with Crippen LogP contribution in [0.3, 0.4) is 0 Å². The number of aryl methyl sites for hydroxylation is 1. The van der Waals surface area contributed by atoms with Crippen LogP contribution >= 0.6 is 0 Å². The van der Waals surface area contributed by atoms with Crippen molar-refractivity contribution in [2.75, 3.05) is 0 Å². The minimum absolute atomic E-state index is 0.126. The zero-order valence-corrected chi connectivity index (χ0v) is 11.3. The number of benzene rings is 1. The lowest BCUT2D eigenvalue weighted by molar-refractivity contribution is -0.121. The van der Waals surface area contributed by atoms with E-state index in [1.807, 2.05) is 19.1 Å². The van der Waals surface area contributed by atoms with Gasteiger partial charge in [0.15, 0.2) is 0 Å². The lowest BCUT2D eigenvalue weighted by Gasteiger charge is -2.05. The van der Waals surface area contributed by atoms with Crippen molar-refractivity contribution >= 4 is 5.91 Å². The summed E-state index contributed by atoms with van der Waals surface area (Å²) in [6.07, 6.45) is 3.39. The standard InChI is InChI=1S/C16H21NO/c1-3-4-5-6-7-11-16(18)17-13-15-10-8-9-14(2)12-15/h8-10,12H,5-7,11,13H2,1-2H3,(H,17,18). The Kier molecular flexibility index (Phi) is 6.64. The van der Waals surface area contributed by atoms with Crippen LogP contribution < -0.4 is 5.32 Å². The van der Waals surface area contributed by atoms with Crippen LogP contribution in [0.2, 0.25) is 0 Å². The number of rotatable bonds is 6. The van der Waals surface area contributed by atoms with Crippen molar-refractivity contribution in [1.82, 2.24) is 5.32 Å². The average Bonchev–Trinajstić information content (AvgIpc) is 2.36. The lowest BCUT2D eigenvalue weighted by atomic mass is 10.1. The predicted octanol–water partition coefficient (Wildman–Crippen LogP) is 3.19.